The summed E-state index contributed by atoms with van der Waals surface area (Å²) in [4.78, 5) is 25.9. The number of ether oxygens (including phenoxy) is 1. The van der Waals surface area contributed by atoms with Crippen molar-refractivity contribution in [1.82, 2.24) is 14.7 Å². The molecule has 9 heteroatoms. The highest BCUT2D eigenvalue weighted by atomic mass is 32.2. The molecular formula is C26H25N3O4S2. The van der Waals surface area contributed by atoms with Gasteiger partial charge in [0.05, 0.1) is 17.2 Å². The highest BCUT2D eigenvalue weighted by molar-refractivity contribution is 8.26. The third-order valence-electron chi connectivity index (χ3n) is 5.46. The van der Waals surface area contributed by atoms with E-state index >= 15 is 0 Å². The average Bonchev–Trinajstić information content (AvgIpc) is 3.36. The number of hydrogen-bond donors (Lipinski definition) is 1. The third-order valence-corrected chi connectivity index (χ3v) is 6.84. The Labute approximate surface area is 213 Å². The number of carboxylic acids is 1. The quantitative estimate of drug-likeness (QED) is 0.310. The van der Waals surface area contributed by atoms with Crippen molar-refractivity contribution in [3.8, 4) is 22.7 Å². The van der Waals surface area contributed by atoms with Gasteiger partial charge in [-0.05, 0) is 62.2 Å². The number of carbonyl (C=O) groups is 2. The van der Waals surface area contributed by atoms with Crippen molar-refractivity contribution < 1.29 is 19.4 Å². The van der Waals surface area contributed by atoms with E-state index in [9.17, 15) is 9.59 Å². The fraction of sp³-hybridized carbons (Fsp3) is 0.231. The summed E-state index contributed by atoms with van der Waals surface area (Å²) in [5.74, 6) is -0.318. The maximum absolute atomic E-state index is 13.1. The minimum Gasteiger partial charge on any atom is -0.494 e. The first-order chi connectivity index (χ1) is 16.9. The van der Waals surface area contributed by atoms with Gasteiger partial charge in [0.1, 0.15) is 15.8 Å². The zero-order valence-electron chi connectivity index (χ0n) is 19.4. The number of nitrogens with zero attached hydrogens (tertiary/aromatic N) is 3. The van der Waals surface area contributed by atoms with Crippen LogP contribution < -0.4 is 4.74 Å². The van der Waals surface area contributed by atoms with Crippen molar-refractivity contribution in [3.05, 3.63) is 70.8 Å². The Morgan fingerprint density at radius 1 is 1.23 bits per heavy atom. The molecule has 3 aromatic rings. The zero-order chi connectivity index (χ0) is 24.9. The van der Waals surface area contributed by atoms with E-state index in [1.54, 1.807) is 4.68 Å². The number of carboxylic acid groups (broad SMARTS) is 1. The number of para-hydroxylation sites is 1. The molecule has 1 amide bonds. The van der Waals surface area contributed by atoms with E-state index in [0.29, 0.717) is 22.3 Å². The molecule has 0 atom stereocenters. The Hall–Kier alpha value is -3.43. The second-order valence-corrected chi connectivity index (χ2v) is 9.63. The van der Waals surface area contributed by atoms with Crippen LogP contribution in [0.2, 0.25) is 0 Å². The lowest BCUT2D eigenvalue weighted by atomic mass is 10.0. The largest absolute Gasteiger partial charge is 0.494 e. The van der Waals surface area contributed by atoms with Gasteiger partial charge < -0.3 is 9.84 Å². The summed E-state index contributed by atoms with van der Waals surface area (Å²) >= 11 is 6.63. The fourth-order valence-electron chi connectivity index (χ4n) is 3.80. The normalized spacial score (nSPS) is 14.7. The lowest BCUT2D eigenvalue weighted by Gasteiger charge is -2.13. The van der Waals surface area contributed by atoms with E-state index in [-0.39, 0.29) is 18.9 Å². The second-order valence-electron chi connectivity index (χ2n) is 7.95. The first-order valence-corrected chi connectivity index (χ1v) is 12.5. The number of hydrogen-bond acceptors (Lipinski definition) is 6. The number of benzene rings is 2. The van der Waals surface area contributed by atoms with Gasteiger partial charge in [0.15, 0.2) is 0 Å². The lowest BCUT2D eigenvalue weighted by Crippen LogP contribution is -2.29. The Bertz CT molecular complexity index is 1300. The van der Waals surface area contributed by atoms with Crippen molar-refractivity contribution in [2.75, 3.05) is 13.2 Å². The van der Waals surface area contributed by atoms with Crippen LogP contribution in [0.4, 0.5) is 0 Å². The predicted octanol–water partition coefficient (Wildman–Crippen LogP) is 5.31. The fourth-order valence-corrected chi connectivity index (χ4v) is 5.10. The Morgan fingerprint density at radius 3 is 2.69 bits per heavy atom. The average molecular weight is 508 g/mol. The Kier molecular flexibility index (Phi) is 7.67. The van der Waals surface area contributed by atoms with Crippen LogP contribution in [0, 0.1) is 6.92 Å². The minimum absolute atomic E-state index is 0.0128. The van der Waals surface area contributed by atoms with E-state index in [1.165, 1.54) is 16.7 Å². The standard InChI is InChI=1S/C26H25N3O4S2/c1-3-33-20-11-12-21(17(2)14-20)24-18(16-29(27-24)19-8-5-4-6-9-19)15-22-25(32)28(26(34)35-22)13-7-10-23(30)31/h4-6,8-9,11-12,14-16H,3,7,10,13H2,1-2H3,(H,30,31)/b22-15-. The van der Waals surface area contributed by atoms with E-state index in [4.69, 9.17) is 27.2 Å². The van der Waals surface area contributed by atoms with Crippen LogP contribution in [-0.4, -0.2) is 49.1 Å². The highest BCUT2D eigenvalue weighted by Crippen LogP contribution is 2.36. The van der Waals surface area contributed by atoms with Gasteiger partial charge in [0, 0.05) is 30.3 Å². The Balaban J connectivity index is 1.72. The van der Waals surface area contributed by atoms with Crippen molar-refractivity contribution in [1.29, 1.82) is 0 Å². The molecule has 0 unspecified atom stereocenters. The molecule has 1 aliphatic rings. The molecule has 1 aromatic heterocycles. The highest BCUT2D eigenvalue weighted by Gasteiger charge is 2.32. The molecule has 0 radical (unpaired) electrons. The topological polar surface area (TPSA) is 84.7 Å². The van der Waals surface area contributed by atoms with Crippen LogP contribution in [0.25, 0.3) is 23.0 Å². The molecule has 2 heterocycles. The number of thioether (sulfide) groups is 1. The molecular weight excluding hydrogens is 482 g/mol. The summed E-state index contributed by atoms with van der Waals surface area (Å²) in [6.45, 7) is 4.81. The number of aliphatic carboxylic acids is 1. The molecule has 0 spiro atoms. The molecule has 1 fully saturated rings. The molecule has 1 aliphatic heterocycles. The van der Waals surface area contributed by atoms with E-state index in [2.05, 4.69) is 0 Å². The van der Waals surface area contributed by atoms with Crippen molar-refractivity contribution in [3.63, 3.8) is 0 Å². The van der Waals surface area contributed by atoms with Crippen LogP contribution in [0.3, 0.4) is 0 Å². The number of amides is 1. The van der Waals surface area contributed by atoms with E-state index in [1.807, 2.05) is 74.7 Å². The summed E-state index contributed by atoms with van der Waals surface area (Å²) < 4.78 is 7.86. The first-order valence-electron chi connectivity index (χ1n) is 11.2. The minimum atomic E-state index is -0.894. The van der Waals surface area contributed by atoms with E-state index < -0.39 is 5.97 Å². The summed E-state index contributed by atoms with van der Waals surface area (Å²) in [6.07, 6.45) is 4.05. The number of thiocarbonyl (C=S) groups is 1. The monoisotopic (exact) mass is 507 g/mol. The van der Waals surface area contributed by atoms with Gasteiger partial charge in [-0.2, -0.15) is 5.10 Å². The second kappa shape index (κ2) is 10.9. The first kappa shape index (κ1) is 24.7. The molecule has 4 rings (SSSR count). The van der Waals surface area contributed by atoms with E-state index in [0.717, 1.165) is 33.8 Å². The third kappa shape index (κ3) is 5.63. The van der Waals surface area contributed by atoms with Crippen LogP contribution in [0.15, 0.2) is 59.6 Å². The molecule has 0 saturated carbocycles. The summed E-state index contributed by atoms with van der Waals surface area (Å²) in [7, 11) is 0. The van der Waals surface area contributed by atoms with Crippen LogP contribution in [0.1, 0.15) is 30.9 Å². The molecule has 1 saturated heterocycles. The number of rotatable bonds is 9. The van der Waals surface area contributed by atoms with Crippen molar-refractivity contribution in [2.45, 2.75) is 26.7 Å². The maximum Gasteiger partial charge on any atom is 0.303 e. The lowest BCUT2D eigenvalue weighted by molar-refractivity contribution is -0.137. The molecule has 0 bridgehead atoms. The molecule has 35 heavy (non-hydrogen) atoms. The number of aromatic nitrogens is 2. The number of carbonyl (C=O) groups excluding carboxylic acids is 1. The number of aryl methyl sites for hydroxylation is 1. The van der Waals surface area contributed by atoms with Gasteiger partial charge in [0.25, 0.3) is 5.91 Å². The van der Waals surface area contributed by atoms with Crippen LogP contribution >= 0.6 is 24.0 Å². The summed E-state index contributed by atoms with van der Waals surface area (Å²) in [5.41, 5.74) is 4.37. The van der Waals surface area contributed by atoms with Gasteiger partial charge >= 0.3 is 5.97 Å². The smallest absolute Gasteiger partial charge is 0.303 e. The molecule has 180 valence electrons. The van der Waals surface area contributed by atoms with Crippen molar-refractivity contribution in [2.24, 2.45) is 0 Å². The van der Waals surface area contributed by atoms with Gasteiger partial charge in [-0.25, -0.2) is 4.68 Å². The SMILES string of the molecule is CCOc1ccc(-c2nn(-c3ccccc3)cc2/C=C2\SC(=S)N(CCCC(=O)O)C2=O)c(C)c1. The molecule has 0 aliphatic carbocycles. The molecule has 7 nitrogen and oxygen atoms in total. The molecule has 2 aromatic carbocycles. The Morgan fingerprint density at radius 2 is 2.00 bits per heavy atom. The maximum atomic E-state index is 13.1. The van der Waals surface area contributed by atoms with Gasteiger partial charge in [-0.15, -0.1) is 0 Å². The summed E-state index contributed by atoms with van der Waals surface area (Å²) in [6, 6.07) is 15.6. The molecule has 1 N–H and O–H groups in total. The van der Waals surface area contributed by atoms with Crippen LogP contribution in [-0.2, 0) is 9.59 Å². The zero-order valence-corrected chi connectivity index (χ0v) is 21.1. The summed E-state index contributed by atoms with van der Waals surface area (Å²) in [5, 5.41) is 13.8. The van der Waals surface area contributed by atoms with Crippen LogP contribution in [0.5, 0.6) is 5.75 Å². The van der Waals surface area contributed by atoms with Crippen molar-refractivity contribution >= 4 is 46.3 Å². The predicted molar refractivity (Wildman–Crippen MR) is 142 cm³/mol. The van der Waals surface area contributed by atoms with Gasteiger partial charge in [-0.1, -0.05) is 42.2 Å². The van der Waals surface area contributed by atoms with Gasteiger partial charge in [0.2, 0.25) is 0 Å². The van der Waals surface area contributed by atoms with Gasteiger partial charge in [-0.3, -0.25) is 14.5 Å².